The first-order valence-corrected chi connectivity index (χ1v) is 16.1. The average molecular weight is 671 g/mol. The summed E-state index contributed by atoms with van der Waals surface area (Å²) in [4.78, 5) is 35.6. The van der Waals surface area contributed by atoms with Crippen LogP contribution in [-0.2, 0) is 4.79 Å². The minimum absolute atomic E-state index is 0.148. The van der Waals surface area contributed by atoms with Gasteiger partial charge in [0, 0.05) is 34.8 Å². The summed E-state index contributed by atoms with van der Waals surface area (Å²) in [7, 11) is 1.61. The van der Waals surface area contributed by atoms with Gasteiger partial charge in [-0.15, -0.1) is 0 Å². The Morgan fingerprint density at radius 3 is 2.59 bits per heavy atom. The first-order valence-electron chi connectivity index (χ1n) is 14.5. The summed E-state index contributed by atoms with van der Waals surface area (Å²) in [5.74, 6) is 1.69. The van der Waals surface area contributed by atoms with Crippen molar-refractivity contribution in [2.24, 2.45) is 4.99 Å². The maximum Gasteiger partial charge on any atom is 0.271 e. The summed E-state index contributed by atoms with van der Waals surface area (Å²) in [6.45, 7) is 8.85. The smallest absolute Gasteiger partial charge is 0.271 e. The Bertz CT molecular complexity index is 2130. The second kappa shape index (κ2) is 12.1. The third kappa shape index (κ3) is 5.14. The molecular formula is C35H32BrN3O4S. The van der Waals surface area contributed by atoms with Crippen LogP contribution in [0.1, 0.15) is 43.7 Å². The number of nitrogens with zero attached hydrogens (tertiary/aromatic N) is 3. The van der Waals surface area contributed by atoms with Crippen LogP contribution in [0.4, 0.5) is 0 Å². The van der Waals surface area contributed by atoms with Crippen LogP contribution < -0.4 is 19.6 Å². The molecular weight excluding hydrogens is 638 g/mol. The van der Waals surface area contributed by atoms with E-state index in [1.54, 1.807) is 22.7 Å². The van der Waals surface area contributed by atoms with E-state index >= 15 is 0 Å². The van der Waals surface area contributed by atoms with Gasteiger partial charge in [-0.3, -0.25) is 14.2 Å². The van der Waals surface area contributed by atoms with Gasteiger partial charge >= 0.3 is 0 Å². The van der Waals surface area contributed by atoms with E-state index in [4.69, 9.17) is 14.1 Å². The summed E-state index contributed by atoms with van der Waals surface area (Å²) < 4.78 is 15.1. The molecule has 6 rings (SSSR count). The number of carbonyl (C=O) groups is 1. The molecule has 1 atom stereocenters. The van der Waals surface area contributed by atoms with Crippen LogP contribution >= 0.6 is 27.3 Å². The van der Waals surface area contributed by atoms with E-state index in [-0.39, 0.29) is 11.5 Å². The van der Waals surface area contributed by atoms with Crippen molar-refractivity contribution in [3.8, 4) is 17.1 Å². The number of aryl methyl sites for hydroxylation is 1. The number of allylic oxidation sites excluding steroid dienone is 1. The van der Waals surface area contributed by atoms with Gasteiger partial charge in [0.1, 0.15) is 23.3 Å². The van der Waals surface area contributed by atoms with Crippen LogP contribution in [0.3, 0.4) is 0 Å². The summed E-state index contributed by atoms with van der Waals surface area (Å²) in [6.07, 6.45) is 1.75. The molecule has 0 saturated heterocycles. The van der Waals surface area contributed by atoms with Crippen LogP contribution in [0.5, 0.6) is 5.75 Å². The molecule has 2 aromatic heterocycles. The Balaban J connectivity index is 1.58. The van der Waals surface area contributed by atoms with Crippen LogP contribution in [0, 0.1) is 6.92 Å². The highest BCUT2D eigenvalue weighted by Crippen LogP contribution is 2.40. The molecule has 0 saturated carbocycles. The van der Waals surface area contributed by atoms with Crippen molar-refractivity contribution in [2.45, 2.75) is 33.7 Å². The molecule has 224 valence electrons. The highest BCUT2D eigenvalue weighted by atomic mass is 79.9. The zero-order valence-corrected chi connectivity index (χ0v) is 27.6. The van der Waals surface area contributed by atoms with Crippen molar-refractivity contribution in [2.75, 3.05) is 20.2 Å². The van der Waals surface area contributed by atoms with Gasteiger partial charge in [-0.05, 0) is 74.4 Å². The van der Waals surface area contributed by atoms with Crippen molar-refractivity contribution in [1.82, 2.24) is 9.47 Å². The van der Waals surface area contributed by atoms with Crippen LogP contribution in [0.2, 0.25) is 0 Å². The fourth-order valence-electron chi connectivity index (χ4n) is 5.81. The van der Waals surface area contributed by atoms with Gasteiger partial charge in [0.05, 0.1) is 22.9 Å². The normalized spacial score (nSPS) is 15.0. The van der Waals surface area contributed by atoms with Crippen LogP contribution in [0.15, 0.2) is 96.7 Å². The van der Waals surface area contributed by atoms with Gasteiger partial charge in [-0.1, -0.05) is 63.7 Å². The van der Waals surface area contributed by atoms with Gasteiger partial charge in [0.15, 0.2) is 4.80 Å². The third-order valence-electron chi connectivity index (χ3n) is 8.02. The van der Waals surface area contributed by atoms with E-state index in [1.807, 2.05) is 94.4 Å². The molecule has 7 nitrogen and oxygen atoms in total. The average Bonchev–Trinajstić information content (AvgIpc) is 3.60. The lowest BCUT2D eigenvalue weighted by Gasteiger charge is -2.30. The maximum atomic E-state index is 14.3. The zero-order valence-electron chi connectivity index (χ0n) is 25.2. The Hall–Kier alpha value is -4.21. The minimum atomic E-state index is -0.738. The lowest BCUT2D eigenvalue weighted by Crippen LogP contribution is -2.43. The number of thiazole rings is 1. The number of hydrogen-bond donors (Lipinski definition) is 0. The van der Waals surface area contributed by atoms with E-state index < -0.39 is 6.04 Å². The molecule has 0 unspecified atom stereocenters. The fraction of sp³-hybridized carbons (Fsp3) is 0.229. The number of halogens is 1. The van der Waals surface area contributed by atoms with Crippen LogP contribution in [-0.4, -0.2) is 35.6 Å². The molecule has 0 spiro atoms. The number of likely N-dealkylation sites (N-methyl/N-ethyl adjacent to an activating group) is 1. The molecule has 1 aliphatic heterocycles. The zero-order chi connectivity index (χ0) is 31.1. The van der Waals surface area contributed by atoms with Crippen LogP contribution in [0.25, 0.3) is 28.2 Å². The number of fused-ring (bicyclic) bond motifs is 2. The third-order valence-corrected chi connectivity index (χ3v) is 9.66. The molecule has 0 bridgehead atoms. The molecule has 1 amide bonds. The Morgan fingerprint density at radius 2 is 1.86 bits per heavy atom. The van der Waals surface area contributed by atoms with Crippen molar-refractivity contribution in [3.63, 3.8) is 0 Å². The molecule has 0 N–H and O–H groups in total. The number of hydrogen-bond acceptors (Lipinski definition) is 6. The van der Waals surface area contributed by atoms with E-state index in [1.165, 1.54) is 11.3 Å². The molecule has 0 aliphatic carbocycles. The number of benzene rings is 3. The van der Waals surface area contributed by atoms with E-state index in [2.05, 4.69) is 15.9 Å². The van der Waals surface area contributed by atoms with E-state index in [0.29, 0.717) is 51.0 Å². The highest BCUT2D eigenvalue weighted by molar-refractivity contribution is 9.10. The SMILES string of the molecule is CCN(CC)C(=O)C1=C(C)N=c2s/c(=C/c3ccc(-c4ccc(C)cc4Br)o3)c(=O)n2[C@@H]1c1c(OC)ccc2ccccc12. The first kappa shape index (κ1) is 29.8. The van der Waals surface area contributed by atoms with Gasteiger partial charge in [0.25, 0.3) is 11.5 Å². The summed E-state index contributed by atoms with van der Waals surface area (Å²) in [5.41, 5.74) is 3.62. The monoisotopic (exact) mass is 669 g/mol. The number of ether oxygens (including phenoxy) is 1. The molecule has 3 heterocycles. The van der Waals surface area contributed by atoms with Crippen molar-refractivity contribution in [3.05, 3.63) is 119 Å². The van der Waals surface area contributed by atoms with Crippen molar-refractivity contribution >= 4 is 50.0 Å². The topological polar surface area (TPSA) is 77.0 Å². The number of furan rings is 1. The Kier molecular flexibility index (Phi) is 8.18. The first-order chi connectivity index (χ1) is 21.2. The predicted octanol–water partition coefficient (Wildman–Crippen LogP) is 6.60. The summed E-state index contributed by atoms with van der Waals surface area (Å²) >= 11 is 4.91. The van der Waals surface area contributed by atoms with Gasteiger partial charge < -0.3 is 14.1 Å². The number of carbonyl (C=O) groups excluding carboxylic acids is 1. The minimum Gasteiger partial charge on any atom is -0.496 e. The quantitative estimate of drug-likeness (QED) is 0.196. The lowest BCUT2D eigenvalue weighted by atomic mass is 9.90. The van der Waals surface area contributed by atoms with Gasteiger partial charge in [-0.25, -0.2) is 4.99 Å². The van der Waals surface area contributed by atoms with Crippen molar-refractivity contribution in [1.29, 1.82) is 0 Å². The highest BCUT2D eigenvalue weighted by Gasteiger charge is 2.36. The maximum absolute atomic E-state index is 14.3. The molecule has 0 radical (unpaired) electrons. The Morgan fingerprint density at radius 1 is 1.09 bits per heavy atom. The predicted molar refractivity (Wildman–Crippen MR) is 179 cm³/mol. The van der Waals surface area contributed by atoms with Gasteiger partial charge in [0.2, 0.25) is 0 Å². The number of methoxy groups -OCH3 is 1. The molecule has 3 aromatic carbocycles. The van der Waals surface area contributed by atoms with Gasteiger partial charge in [-0.2, -0.15) is 0 Å². The Labute approximate surface area is 267 Å². The molecule has 1 aliphatic rings. The lowest BCUT2D eigenvalue weighted by molar-refractivity contribution is -0.127. The molecule has 44 heavy (non-hydrogen) atoms. The summed E-state index contributed by atoms with van der Waals surface area (Å²) in [5, 5.41) is 1.89. The second-order valence-corrected chi connectivity index (χ2v) is 12.5. The number of amides is 1. The van der Waals surface area contributed by atoms with E-state index in [0.717, 1.165) is 31.9 Å². The molecule has 5 aromatic rings. The number of aromatic nitrogens is 1. The second-order valence-electron chi connectivity index (χ2n) is 10.6. The largest absolute Gasteiger partial charge is 0.496 e. The van der Waals surface area contributed by atoms with E-state index in [9.17, 15) is 9.59 Å². The molecule has 0 fully saturated rings. The fourth-order valence-corrected chi connectivity index (χ4v) is 7.52. The molecule has 9 heteroatoms. The van der Waals surface area contributed by atoms with Crippen molar-refractivity contribution < 1.29 is 13.9 Å². The summed E-state index contributed by atoms with van der Waals surface area (Å²) in [6, 6.07) is 20.9. The number of rotatable bonds is 7. The standard InChI is InChI=1S/C35H32BrN3O4S/c1-6-38(7-2)34(41)30-21(4)37-35-39(32(30)31-24-11-9-8-10-22(24)13-16-28(31)42-5)33(40)29(44-35)19-23-14-17-27(43-23)25-15-12-20(3)18-26(25)36/h8-19,32H,6-7H2,1-5H3/b29-19+/t32-/m0/s1.